The number of aromatic nitrogens is 2. The molecule has 1 aliphatic rings. The van der Waals surface area contributed by atoms with Gasteiger partial charge in [-0.3, -0.25) is 4.98 Å². The lowest BCUT2D eigenvalue weighted by Crippen LogP contribution is -2.42. The van der Waals surface area contributed by atoms with E-state index >= 15 is 0 Å². The summed E-state index contributed by atoms with van der Waals surface area (Å²) in [7, 11) is -4.42. The van der Waals surface area contributed by atoms with Gasteiger partial charge >= 0.3 is 6.18 Å². The fraction of sp³-hybridized carbons (Fsp3) is 0.391. The van der Waals surface area contributed by atoms with E-state index in [4.69, 9.17) is 0 Å². The standard InChI is InChI=1S/C23H23F3N4O2S/c1-3-15-7-9-18-19(12-27)22(30(21(18)11-15)16-5-4-6-16)20-10-8-17(13-28-20)33(31,32)29-14(2)23(24,25)26/h7-11,13-14,16,29H,3-6H2,1-2H3. The number of benzene rings is 1. The second kappa shape index (κ2) is 8.47. The highest BCUT2D eigenvalue weighted by Gasteiger charge is 2.39. The lowest BCUT2D eigenvalue weighted by atomic mass is 9.92. The Bertz CT molecular complexity index is 1340. The van der Waals surface area contributed by atoms with Crippen LogP contribution in [-0.4, -0.2) is 30.2 Å². The van der Waals surface area contributed by atoms with Crippen molar-refractivity contribution in [3.63, 3.8) is 0 Å². The van der Waals surface area contributed by atoms with Gasteiger partial charge in [-0.25, -0.2) is 8.42 Å². The zero-order valence-corrected chi connectivity index (χ0v) is 19.0. The van der Waals surface area contributed by atoms with Gasteiger partial charge in [0.2, 0.25) is 10.0 Å². The Morgan fingerprint density at radius 1 is 1.27 bits per heavy atom. The molecule has 2 heterocycles. The molecular weight excluding hydrogens is 453 g/mol. The highest BCUT2D eigenvalue weighted by atomic mass is 32.2. The number of alkyl halides is 3. The molecule has 1 aromatic carbocycles. The molecule has 6 nitrogen and oxygen atoms in total. The summed E-state index contributed by atoms with van der Waals surface area (Å²) < 4.78 is 66.9. The van der Waals surface area contributed by atoms with Crippen LogP contribution in [0.3, 0.4) is 0 Å². The van der Waals surface area contributed by atoms with Gasteiger partial charge in [0.05, 0.1) is 22.5 Å². The van der Waals surface area contributed by atoms with Crippen LogP contribution in [0.1, 0.15) is 50.3 Å². The van der Waals surface area contributed by atoms with Crippen LogP contribution in [0.25, 0.3) is 22.3 Å². The van der Waals surface area contributed by atoms with Crippen LogP contribution in [-0.2, 0) is 16.4 Å². The molecular formula is C23H23F3N4O2S. The normalized spacial score (nSPS) is 15.9. The third-order valence-corrected chi connectivity index (χ3v) is 7.67. The first-order valence-corrected chi connectivity index (χ1v) is 12.2. The van der Waals surface area contributed by atoms with Crippen LogP contribution < -0.4 is 4.72 Å². The Morgan fingerprint density at radius 3 is 2.52 bits per heavy atom. The van der Waals surface area contributed by atoms with Gasteiger partial charge in [0.1, 0.15) is 17.0 Å². The van der Waals surface area contributed by atoms with Crippen molar-refractivity contribution < 1.29 is 21.6 Å². The van der Waals surface area contributed by atoms with Crippen molar-refractivity contribution in [3.05, 3.63) is 47.7 Å². The predicted molar refractivity (Wildman–Crippen MR) is 118 cm³/mol. The number of halogens is 3. The average molecular weight is 477 g/mol. The zero-order valence-electron chi connectivity index (χ0n) is 18.1. The van der Waals surface area contributed by atoms with Gasteiger partial charge < -0.3 is 4.57 Å². The maximum atomic E-state index is 12.8. The van der Waals surface area contributed by atoms with Gasteiger partial charge in [0.15, 0.2) is 0 Å². The molecule has 0 bridgehead atoms. The maximum absolute atomic E-state index is 12.8. The van der Waals surface area contributed by atoms with Gasteiger partial charge in [0.25, 0.3) is 0 Å². The lowest BCUT2D eigenvalue weighted by molar-refractivity contribution is -0.147. The van der Waals surface area contributed by atoms with Gasteiger partial charge in [-0.2, -0.15) is 23.2 Å². The first-order valence-electron chi connectivity index (χ1n) is 10.7. The Balaban J connectivity index is 1.80. The molecule has 3 aromatic rings. The second-order valence-corrected chi connectivity index (χ2v) is 9.97. The van der Waals surface area contributed by atoms with E-state index in [2.05, 4.69) is 28.6 Å². The molecule has 0 radical (unpaired) electrons. The van der Waals surface area contributed by atoms with E-state index in [0.29, 0.717) is 17.0 Å². The summed E-state index contributed by atoms with van der Waals surface area (Å²) in [6, 6.07) is 8.87. The Kier molecular flexibility index (Phi) is 5.97. The molecule has 0 aliphatic heterocycles. The molecule has 1 atom stereocenters. The van der Waals surface area contributed by atoms with E-state index in [1.54, 1.807) is 4.72 Å². The van der Waals surface area contributed by atoms with Crippen molar-refractivity contribution in [1.29, 1.82) is 5.26 Å². The third-order valence-electron chi connectivity index (χ3n) is 6.14. The summed E-state index contributed by atoms with van der Waals surface area (Å²) in [6.45, 7) is 2.79. The topological polar surface area (TPSA) is 87.8 Å². The number of nitrogens with zero attached hydrogens (tertiary/aromatic N) is 3. The summed E-state index contributed by atoms with van der Waals surface area (Å²) in [6.07, 6.45) is 0.169. The van der Waals surface area contributed by atoms with Gasteiger partial charge in [-0.15, -0.1) is 0 Å². The molecule has 0 spiro atoms. The smallest absolute Gasteiger partial charge is 0.335 e. The highest BCUT2D eigenvalue weighted by molar-refractivity contribution is 7.89. The number of hydrogen-bond acceptors (Lipinski definition) is 4. The van der Waals surface area contributed by atoms with Crippen molar-refractivity contribution in [2.45, 2.75) is 62.7 Å². The average Bonchev–Trinajstić information content (AvgIpc) is 3.04. The fourth-order valence-electron chi connectivity index (χ4n) is 4.01. The van der Waals surface area contributed by atoms with Crippen molar-refractivity contribution in [3.8, 4) is 17.5 Å². The van der Waals surface area contributed by atoms with E-state index in [1.807, 2.05) is 12.1 Å². The van der Waals surface area contributed by atoms with Crippen molar-refractivity contribution >= 4 is 20.9 Å². The van der Waals surface area contributed by atoms with Gasteiger partial charge in [-0.05, 0) is 56.4 Å². The summed E-state index contributed by atoms with van der Waals surface area (Å²) in [5.74, 6) is 0. The fourth-order valence-corrected chi connectivity index (χ4v) is 5.19. The number of rotatable bonds is 6. The minimum Gasteiger partial charge on any atom is -0.335 e. The molecule has 174 valence electrons. The number of hydrogen-bond donors (Lipinski definition) is 1. The summed E-state index contributed by atoms with van der Waals surface area (Å²) >= 11 is 0. The van der Waals surface area contributed by atoms with Crippen molar-refractivity contribution in [2.24, 2.45) is 0 Å². The Hall–Kier alpha value is -2.90. The predicted octanol–water partition coefficient (Wildman–Crippen LogP) is 5.09. The number of fused-ring (bicyclic) bond motifs is 1. The SMILES string of the molecule is CCc1ccc2c(C#N)c(-c3ccc(S(=O)(=O)NC(C)C(F)(F)F)cn3)n(C3CCC3)c2c1. The Labute approximate surface area is 190 Å². The molecule has 2 aromatic heterocycles. The molecule has 1 unspecified atom stereocenters. The molecule has 1 fully saturated rings. The minimum atomic E-state index is -4.71. The summed E-state index contributed by atoms with van der Waals surface area (Å²) in [5, 5.41) is 10.7. The first-order chi connectivity index (χ1) is 15.6. The third kappa shape index (κ3) is 4.23. The van der Waals surface area contributed by atoms with Crippen LogP contribution in [0.5, 0.6) is 0 Å². The summed E-state index contributed by atoms with van der Waals surface area (Å²) in [5.41, 5.74) is 3.52. The minimum absolute atomic E-state index is 0.205. The Morgan fingerprint density at radius 2 is 2.00 bits per heavy atom. The van der Waals surface area contributed by atoms with Crippen LogP contribution in [0.4, 0.5) is 13.2 Å². The van der Waals surface area contributed by atoms with Crippen LogP contribution >= 0.6 is 0 Å². The molecule has 1 saturated carbocycles. The van der Waals surface area contributed by atoms with Crippen molar-refractivity contribution in [2.75, 3.05) is 0 Å². The van der Waals surface area contributed by atoms with E-state index in [0.717, 1.165) is 55.3 Å². The summed E-state index contributed by atoms with van der Waals surface area (Å²) in [4.78, 5) is 3.89. The zero-order chi connectivity index (χ0) is 24.0. The number of aryl methyl sites for hydroxylation is 1. The molecule has 4 rings (SSSR count). The maximum Gasteiger partial charge on any atom is 0.404 e. The molecule has 33 heavy (non-hydrogen) atoms. The number of pyridine rings is 1. The number of sulfonamides is 1. The van der Waals surface area contributed by atoms with E-state index in [1.165, 1.54) is 12.1 Å². The van der Waals surface area contributed by atoms with E-state index in [-0.39, 0.29) is 10.9 Å². The van der Waals surface area contributed by atoms with Crippen molar-refractivity contribution in [1.82, 2.24) is 14.3 Å². The molecule has 0 saturated heterocycles. The second-order valence-electron chi connectivity index (χ2n) is 8.26. The van der Waals surface area contributed by atoms with E-state index in [9.17, 15) is 26.9 Å². The van der Waals surface area contributed by atoms with Gasteiger partial charge in [0, 0.05) is 17.6 Å². The van der Waals surface area contributed by atoms with Crippen LogP contribution in [0.2, 0.25) is 0 Å². The largest absolute Gasteiger partial charge is 0.404 e. The molecule has 10 heteroatoms. The lowest BCUT2D eigenvalue weighted by Gasteiger charge is -2.30. The van der Waals surface area contributed by atoms with Crippen LogP contribution in [0.15, 0.2) is 41.4 Å². The quantitative estimate of drug-likeness (QED) is 0.537. The monoisotopic (exact) mass is 476 g/mol. The number of nitrogens with one attached hydrogen (secondary N) is 1. The highest BCUT2D eigenvalue weighted by Crippen LogP contribution is 2.42. The van der Waals surface area contributed by atoms with E-state index < -0.39 is 22.2 Å². The van der Waals surface area contributed by atoms with Gasteiger partial charge in [-0.1, -0.05) is 19.1 Å². The van der Waals surface area contributed by atoms with Crippen LogP contribution in [0, 0.1) is 11.3 Å². The molecule has 1 N–H and O–H groups in total. The molecule has 1 aliphatic carbocycles. The number of nitriles is 1. The molecule has 0 amide bonds. The first kappa shape index (κ1) is 23.3.